The fourth-order valence-corrected chi connectivity index (χ4v) is 12.5. The summed E-state index contributed by atoms with van der Waals surface area (Å²) in [6, 6.07) is 11.0. The van der Waals surface area contributed by atoms with Crippen molar-refractivity contribution in [3.8, 4) is 0 Å². The van der Waals surface area contributed by atoms with Gasteiger partial charge in [-0.3, -0.25) is 67.3 Å². The summed E-state index contributed by atoms with van der Waals surface area (Å²) in [4.78, 5) is 197. The number of aromatic nitrogens is 1. The van der Waals surface area contributed by atoms with Crippen LogP contribution in [-0.2, 0) is 81.6 Å². The van der Waals surface area contributed by atoms with Crippen molar-refractivity contribution in [2.45, 2.75) is 165 Å². The minimum Gasteiger partial charge on any atom is -0.370 e. The zero-order valence-electron chi connectivity index (χ0n) is 55.9. The van der Waals surface area contributed by atoms with E-state index in [1.807, 2.05) is 36.4 Å². The van der Waals surface area contributed by atoms with Gasteiger partial charge in [-0.2, -0.15) is 0 Å². The molecule has 0 radical (unpaired) electrons. The molecule has 1 aromatic heterocycles. The van der Waals surface area contributed by atoms with E-state index in [1.54, 1.807) is 74.6 Å². The van der Waals surface area contributed by atoms with E-state index >= 15 is 24.0 Å². The fourth-order valence-electron chi connectivity index (χ4n) is 12.3. The molecule has 31 heteroatoms. The Morgan fingerprint density at radius 1 is 0.610 bits per heavy atom. The molecular weight excluding hydrogens is 1310 g/mol. The highest BCUT2D eigenvalue weighted by Gasteiger charge is 2.41. The number of aliphatic imine (C=N–C) groups is 1. The highest BCUT2D eigenvalue weighted by molar-refractivity contribution is 6.30. The van der Waals surface area contributed by atoms with Gasteiger partial charge in [0.15, 0.2) is 5.96 Å². The van der Waals surface area contributed by atoms with Crippen LogP contribution in [0, 0.1) is 5.92 Å². The Bertz CT molecular complexity index is 3880. The first-order chi connectivity index (χ1) is 47.8. The predicted molar refractivity (Wildman–Crippen MR) is 370 cm³/mol. The molecule has 534 valence electrons. The standard InChI is InChI=1S/C69H88ClN17O13/c1-37(2)29-50-62(94)80-49(16-9-27-75-69(72)73)68(100)87-28-10-17-56(87)67(99)86-55(59(71)91)36-77-58(90)34-54-66(98)79-47(60(92)83-52(64(96)81-50)32-40-18-21-41-11-4-5-12-42(41)30-40)15-8-26-74-57(89)25-24-48(78-38(3)88)61(93)82-51(31-39-19-22-44(70)23-20-39)63(95)84-53(65(97)85-54)33-43-35-76-46-14-7-6-13-45(43)46/h4-7,11-14,18-23,30,35,37,47-56,76H,8-10,15-17,24-29,31-34,36H2,1-3H3,(H2,71,91)(H,74,89)(H,77,90)(H,78,88)(H,79,98)(H,80,94)(H,81,96)(H,82,93)(H,83,92)(H,84,95)(H,85,97)(H,86,99)(H4,72,73,75)/t47-,48-,49+,50-,51+,52-,53-,54-,55-,56-/m1/s1. The zero-order valence-corrected chi connectivity index (χ0v) is 56.7. The summed E-state index contributed by atoms with van der Waals surface area (Å²) in [5, 5.41) is 32.1. The van der Waals surface area contributed by atoms with Gasteiger partial charge in [0.05, 0.1) is 6.42 Å². The van der Waals surface area contributed by atoms with E-state index < -0.39 is 150 Å². The van der Waals surface area contributed by atoms with Crippen LogP contribution in [0.4, 0.5) is 0 Å². The highest BCUT2D eigenvalue weighted by Crippen LogP contribution is 2.24. The van der Waals surface area contributed by atoms with Crippen molar-refractivity contribution in [1.29, 1.82) is 0 Å². The maximum absolute atomic E-state index is 15.4. The Hall–Kier alpha value is -10.7. The van der Waals surface area contributed by atoms with Crippen LogP contribution in [-0.4, -0.2) is 179 Å². The number of nitrogens with two attached hydrogens (primary N) is 3. The number of carbonyl (C=O) groups is 13. The molecule has 0 saturated carbocycles. The number of halogens is 1. The molecule has 3 aliphatic rings. The summed E-state index contributed by atoms with van der Waals surface area (Å²) in [5.74, 6) is -12.0. The van der Waals surface area contributed by atoms with Crippen LogP contribution in [0.1, 0.15) is 102 Å². The number of benzene rings is 4. The van der Waals surface area contributed by atoms with Gasteiger partial charge in [0.1, 0.15) is 60.4 Å². The molecular formula is C69H88ClN17O13. The number of guanidine groups is 1. The Balaban J connectivity index is 1.23. The molecule has 4 heterocycles. The van der Waals surface area contributed by atoms with Crippen LogP contribution < -0.4 is 75.7 Å². The van der Waals surface area contributed by atoms with Crippen molar-refractivity contribution in [2.24, 2.45) is 28.1 Å². The van der Waals surface area contributed by atoms with Gasteiger partial charge in [-0.1, -0.05) is 98.2 Å². The van der Waals surface area contributed by atoms with Crippen LogP contribution in [0.15, 0.2) is 102 Å². The third-order valence-corrected chi connectivity index (χ3v) is 17.8. The highest BCUT2D eigenvalue weighted by atomic mass is 35.5. The second-order valence-corrected chi connectivity index (χ2v) is 26.2. The van der Waals surface area contributed by atoms with E-state index in [4.69, 9.17) is 28.8 Å². The minimum absolute atomic E-state index is 0.00798. The maximum Gasteiger partial charge on any atom is 0.245 e. The molecule has 30 nitrogen and oxygen atoms in total. The summed E-state index contributed by atoms with van der Waals surface area (Å²) >= 11 is 6.23. The van der Waals surface area contributed by atoms with Gasteiger partial charge in [-0.05, 0) is 103 Å². The first kappa shape index (κ1) is 75.1. The molecule has 0 aliphatic carbocycles. The van der Waals surface area contributed by atoms with Crippen LogP contribution in [0.5, 0.6) is 0 Å². The molecule has 0 spiro atoms. The number of hydrogen-bond donors (Lipinski definition) is 15. The summed E-state index contributed by atoms with van der Waals surface area (Å²) in [5.41, 5.74) is 19.3. The van der Waals surface area contributed by atoms with Crippen LogP contribution in [0.25, 0.3) is 21.7 Å². The fraction of sp³-hybridized carbons (Fsp3) is 0.449. The number of nitrogens with one attached hydrogen (secondary N) is 12. The van der Waals surface area contributed by atoms with Gasteiger partial charge in [-0.25, -0.2) is 0 Å². The molecule has 3 aliphatic heterocycles. The molecule has 2 bridgehead atoms. The number of para-hydroxylation sites is 1. The second kappa shape index (κ2) is 35.7. The monoisotopic (exact) mass is 1400 g/mol. The Morgan fingerprint density at radius 3 is 1.93 bits per heavy atom. The number of nitrogens with zero attached hydrogens (tertiary/aromatic N) is 2. The van der Waals surface area contributed by atoms with E-state index in [9.17, 15) is 38.4 Å². The molecule has 13 amide bonds. The number of primary amides is 1. The van der Waals surface area contributed by atoms with Crippen LogP contribution in [0.3, 0.4) is 0 Å². The number of carbonyl (C=O) groups excluding carboxylic acids is 13. The first-order valence-corrected chi connectivity index (χ1v) is 33.8. The van der Waals surface area contributed by atoms with Crippen molar-refractivity contribution in [3.05, 3.63) is 119 Å². The van der Waals surface area contributed by atoms with Crippen LogP contribution >= 0.6 is 11.6 Å². The number of fused-ring (bicyclic) bond motifs is 6. The largest absolute Gasteiger partial charge is 0.370 e. The molecule has 3 fully saturated rings. The number of aromatic amines is 1. The third kappa shape index (κ3) is 21.7. The van der Waals surface area contributed by atoms with Crippen molar-refractivity contribution < 1.29 is 62.3 Å². The van der Waals surface area contributed by atoms with Crippen LogP contribution in [0.2, 0.25) is 5.02 Å². The molecule has 10 atom stereocenters. The normalized spacial score (nSPS) is 24.2. The van der Waals surface area contributed by atoms with Gasteiger partial charge in [0.25, 0.3) is 0 Å². The third-order valence-electron chi connectivity index (χ3n) is 17.5. The number of rotatable bonds is 14. The maximum atomic E-state index is 15.4. The molecule has 18 N–H and O–H groups in total. The molecule has 0 unspecified atom stereocenters. The summed E-state index contributed by atoms with van der Waals surface area (Å²) in [6.45, 7) is 4.01. The lowest BCUT2D eigenvalue weighted by atomic mass is 9.98. The zero-order chi connectivity index (χ0) is 72.2. The lowest BCUT2D eigenvalue weighted by Gasteiger charge is -2.31. The van der Waals surface area contributed by atoms with Gasteiger partial charge in [-0.15, -0.1) is 0 Å². The van der Waals surface area contributed by atoms with Crippen molar-refractivity contribution >= 4 is 116 Å². The number of amides is 13. The van der Waals surface area contributed by atoms with Crippen molar-refractivity contribution in [3.63, 3.8) is 0 Å². The molecule has 4 aromatic carbocycles. The van der Waals surface area contributed by atoms with E-state index in [0.29, 0.717) is 39.0 Å². The average Bonchev–Trinajstić information content (AvgIpc) is 1.45. The van der Waals surface area contributed by atoms with Gasteiger partial charge >= 0.3 is 0 Å². The average molecular weight is 1400 g/mol. The second-order valence-electron chi connectivity index (χ2n) is 25.7. The van der Waals surface area contributed by atoms with Crippen molar-refractivity contribution in [2.75, 3.05) is 26.2 Å². The summed E-state index contributed by atoms with van der Waals surface area (Å²) in [6.07, 6.45) is -0.466. The molecule has 3 saturated heterocycles. The van der Waals surface area contributed by atoms with Gasteiger partial charge < -0.3 is 85.6 Å². The molecule has 5 aromatic rings. The van der Waals surface area contributed by atoms with Crippen molar-refractivity contribution in [1.82, 2.24) is 68.4 Å². The van der Waals surface area contributed by atoms with E-state index in [2.05, 4.69) is 68.5 Å². The van der Waals surface area contributed by atoms with E-state index in [0.717, 1.165) is 10.8 Å². The minimum atomic E-state index is -1.96. The number of hydrogen-bond acceptors (Lipinski definition) is 14. The number of H-pyrrole nitrogens is 1. The summed E-state index contributed by atoms with van der Waals surface area (Å²) < 4.78 is 0. The summed E-state index contributed by atoms with van der Waals surface area (Å²) in [7, 11) is 0. The van der Waals surface area contributed by atoms with E-state index in [1.165, 1.54) is 11.8 Å². The molecule has 100 heavy (non-hydrogen) atoms. The first-order valence-electron chi connectivity index (χ1n) is 33.4. The predicted octanol–water partition coefficient (Wildman–Crippen LogP) is -0.828. The topological polar surface area (TPSA) is 464 Å². The SMILES string of the molecule is CC(=O)N[C@@H]1CCC(=O)NCCC[C@H]2NC(=O)[C@@H](CC(=O)NC[C@H](C(N)=O)NC(=O)[C@H]3CCCN3C(=O)[C@H](CCCN=C(N)N)NC(=O)[C@@H](CC(C)C)NC(=O)[C@@H](Cc3ccc4ccccc4c3)NC2=O)NC(=O)[C@@H](Cc2c[nH]c3ccccc23)NC(=O)[C@H](Cc2ccc(Cl)cc2)NC1=O. The molecule has 8 rings (SSSR count). The van der Waals surface area contributed by atoms with E-state index in [-0.39, 0.29) is 102 Å². The van der Waals surface area contributed by atoms with Gasteiger partial charge in [0, 0.05) is 80.9 Å². The Kier molecular flexibility index (Phi) is 26.8. The smallest absolute Gasteiger partial charge is 0.245 e. The quantitative estimate of drug-likeness (QED) is 0.0367. The lowest BCUT2D eigenvalue weighted by Crippen LogP contribution is -2.61. The Labute approximate surface area is 582 Å². The Morgan fingerprint density at radius 2 is 1.22 bits per heavy atom. The lowest BCUT2D eigenvalue weighted by molar-refractivity contribution is -0.142. The van der Waals surface area contributed by atoms with Gasteiger partial charge in [0.2, 0.25) is 76.8 Å².